The number of halogens is 1. The van der Waals surface area contributed by atoms with Crippen LogP contribution in [0, 0.1) is 0 Å². The molecular weight excluding hydrogens is 346 g/mol. The van der Waals surface area contributed by atoms with Gasteiger partial charge in [0.2, 0.25) is 0 Å². The molecule has 1 rings (SSSR count). The number of hydrogen-bond donors (Lipinski definition) is 1. The van der Waals surface area contributed by atoms with Crippen LogP contribution in [0.2, 0.25) is 30.7 Å². The van der Waals surface area contributed by atoms with E-state index >= 15 is 0 Å². The molecule has 1 aromatic rings. The summed E-state index contributed by atoms with van der Waals surface area (Å²) >= 11 is 6.10. The van der Waals surface area contributed by atoms with Gasteiger partial charge in [0.05, 0.1) is 10.6 Å². The largest absolute Gasteiger partial charge is 0.507 e. The Bertz CT molecular complexity index is 574. The van der Waals surface area contributed by atoms with Gasteiger partial charge in [-0.2, -0.15) is 0 Å². The average molecular weight is 372 g/mol. The highest BCUT2D eigenvalue weighted by Crippen LogP contribution is 2.32. The summed E-state index contributed by atoms with van der Waals surface area (Å²) in [7, 11) is 2.46. The number of allylic oxidation sites excluding steroid dienone is 1. The molecule has 5 nitrogen and oxygen atoms in total. The summed E-state index contributed by atoms with van der Waals surface area (Å²) in [5.74, 6) is -0.226. The molecule has 0 aliphatic heterocycles. The molecule has 0 aliphatic rings. The SMILES string of the molecule is CN(C)/C=C/C(=O)c1c(O)cc(OCOCC[Si](C)(C)C)cc1Cl. The summed E-state index contributed by atoms with van der Waals surface area (Å²) in [4.78, 5) is 13.8. The fourth-order valence-corrected chi connectivity index (χ4v) is 2.80. The van der Waals surface area contributed by atoms with E-state index in [1.807, 2.05) is 0 Å². The van der Waals surface area contributed by atoms with Gasteiger partial charge in [0, 0.05) is 47.1 Å². The van der Waals surface area contributed by atoms with Crippen LogP contribution in [0.4, 0.5) is 0 Å². The fourth-order valence-electron chi connectivity index (χ4n) is 1.74. The van der Waals surface area contributed by atoms with Crippen molar-refractivity contribution in [3.63, 3.8) is 0 Å². The van der Waals surface area contributed by atoms with Gasteiger partial charge in [-0.3, -0.25) is 4.79 Å². The van der Waals surface area contributed by atoms with E-state index in [0.29, 0.717) is 12.4 Å². The Hall–Kier alpha value is -1.50. The van der Waals surface area contributed by atoms with Crippen LogP contribution in [-0.2, 0) is 4.74 Å². The van der Waals surface area contributed by atoms with Crippen LogP contribution in [-0.4, -0.2) is 51.4 Å². The zero-order valence-corrected chi connectivity index (χ0v) is 16.7. The maximum Gasteiger partial charge on any atom is 0.192 e. The van der Waals surface area contributed by atoms with Crippen LogP contribution in [0.3, 0.4) is 0 Å². The normalized spacial score (nSPS) is 11.8. The number of benzene rings is 1. The Balaban J connectivity index is 2.66. The second kappa shape index (κ2) is 9.10. The molecule has 0 atom stereocenters. The third-order valence-corrected chi connectivity index (χ3v) is 5.12. The molecule has 0 aliphatic carbocycles. The molecule has 7 heteroatoms. The van der Waals surface area contributed by atoms with Crippen molar-refractivity contribution in [3.05, 3.63) is 35.0 Å². The molecule has 0 radical (unpaired) electrons. The standard InChI is InChI=1S/C17H26ClNO4Si/c1-19(2)7-6-15(20)17-14(18)10-13(11-16(17)21)23-12-22-8-9-24(3,4)5/h6-7,10-11,21H,8-9,12H2,1-5H3/b7-6+. The number of ketones is 1. The van der Waals surface area contributed by atoms with Gasteiger partial charge in [0.15, 0.2) is 12.6 Å². The summed E-state index contributed by atoms with van der Waals surface area (Å²) in [6.07, 6.45) is 2.94. The van der Waals surface area contributed by atoms with Gasteiger partial charge < -0.3 is 19.5 Å². The fraction of sp³-hybridized carbons (Fsp3) is 0.471. The monoisotopic (exact) mass is 371 g/mol. The van der Waals surface area contributed by atoms with Gasteiger partial charge in [-0.05, 0) is 12.1 Å². The summed E-state index contributed by atoms with van der Waals surface area (Å²) < 4.78 is 10.9. The Morgan fingerprint density at radius 1 is 1.33 bits per heavy atom. The molecule has 0 saturated carbocycles. The first-order valence-corrected chi connectivity index (χ1v) is 11.8. The van der Waals surface area contributed by atoms with Crippen LogP contribution in [0.15, 0.2) is 24.4 Å². The van der Waals surface area contributed by atoms with Crippen molar-refractivity contribution in [2.24, 2.45) is 0 Å². The van der Waals surface area contributed by atoms with Crippen LogP contribution in [0.5, 0.6) is 11.5 Å². The van der Waals surface area contributed by atoms with Crippen molar-refractivity contribution in [3.8, 4) is 11.5 Å². The molecule has 0 saturated heterocycles. The van der Waals surface area contributed by atoms with Crippen LogP contribution >= 0.6 is 11.6 Å². The van der Waals surface area contributed by atoms with Gasteiger partial charge in [0.25, 0.3) is 0 Å². The van der Waals surface area contributed by atoms with Gasteiger partial charge in [-0.1, -0.05) is 31.2 Å². The molecule has 24 heavy (non-hydrogen) atoms. The van der Waals surface area contributed by atoms with E-state index < -0.39 is 8.07 Å². The Morgan fingerprint density at radius 2 is 2.00 bits per heavy atom. The second-order valence-corrected chi connectivity index (χ2v) is 13.0. The van der Waals surface area contributed by atoms with Crippen LogP contribution in [0.1, 0.15) is 10.4 Å². The molecule has 1 N–H and O–H groups in total. The number of carbonyl (C=O) groups is 1. The Morgan fingerprint density at radius 3 is 2.54 bits per heavy atom. The number of aromatic hydroxyl groups is 1. The van der Waals surface area contributed by atoms with Gasteiger partial charge in [-0.15, -0.1) is 0 Å². The van der Waals surface area contributed by atoms with Gasteiger partial charge in [-0.25, -0.2) is 0 Å². The predicted octanol–water partition coefficient (Wildman–Crippen LogP) is 3.99. The minimum atomic E-state index is -1.13. The first kappa shape index (κ1) is 20.5. The van der Waals surface area contributed by atoms with E-state index in [0.717, 1.165) is 6.04 Å². The molecule has 0 amide bonds. The van der Waals surface area contributed by atoms with E-state index in [1.165, 1.54) is 18.2 Å². The van der Waals surface area contributed by atoms with E-state index in [4.69, 9.17) is 21.1 Å². The molecule has 0 bridgehead atoms. The lowest BCUT2D eigenvalue weighted by Gasteiger charge is -2.15. The smallest absolute Gasteiger partial charge is 0.192 e. The highest BCUT2D eigenvalue weighted by Gasteiger charge is 2.16. The molecule has 0 fully saturated rings. The predicted molar refractivity (Wildman–Crippen MR) is 99.9 cm³/mol. The van der Waals surface area contributed by atoms with Crippen molar-refractivity contribution in [2.45, 2.75) is 25.7 Å². The first-order valence-electron chi connectivity index (χ1n) is 7.72. The molecule has 1 aromatic carbocycles. The highest BCUT2D eigenvalue weighted by molar-refractivity contribution is 6.76. The zero-order valence-electron chi connectivity index (χ0n) is 14.9. The molecule has 0 spiro atoms. The molecular formula is C17H26ClNO4Si. The van der Waals surface area contributed by atoms with E-state index in [-0.39, 0.29) is 28.9 Å². The lowest BCUT2D eigenvalue weighted by molar-refractivity contribution is 0.0219. The van der Waals surface area contributed by atoms with E-state index in [1.54, 1.807) is 25.2 Å². The minimum Gasteiger partial charge on any atom is -0.507 e. The third-order valence-electron chi connectivity index (χ3n) is 3.12. The molecule has 0 heterocycles. The minimum absolute atomic E-state index is 0.0572. The number of nitrogens with zero attached hydrogens (tertiary/aromatic N) is 1. The third kappa shape index (κ3) is 7.38. The van der Waals surface area contributed by atoms with E-state index in [2.05, 4.69) is 19.6 Å². The Kier molecular flexibility index (Phi) is 7.79. The summed E-state index contributed by atoms with van der Waals surface area (Å²) in [5.41, 5.74) is 0.0572. The maximum absolute atomic E-state index is 12.1. The number of phenols is 1. The average Bonchev–Trinajstić information content (AvgIpc) is 2.42. The number of hydrogen-bond acceptors (Lipinski definition) is 5. The van der Waals surface area contributed by atoms with Crippen molar-refractivity contribution >= 4 is 25.5 Å². The van der Waals surface area contributed by atoms with Crippen molar-refractivity contribution in [2.75, 3.05) is 27.5 Å². The quantitative estimate of drug-likeness (QED) is 0.234. The Labute approximate surface area is 149 Å². The summed E-state index contributed by atoms with van der Waals surface area (Å²) in [5, 5.41) is 10.2. The number of rotatable bonds is 9. The van der Waals surface area contributed by atoms with Crippen LogP contribution in [0.25, 0.3) is 0 Å². The van der Waals surface area contributed by atoms with Crippen molar-refractivity contribution in [1.82, 2.24) is 4.90 Å². The summed E-state index contributed by atoms with van der Waals surface area (Å²) in [6, 6.07) is 3.92. The second-order valence-electron chi connectivity index (χ2n) is 6.92. The van der Waals surface area contributed by atoms with Crippen molar-refractivity contribution in [1.29, 1.82) is 0 Å². The van der Waals surface area contributed by atoms with Crippen LogP contribution < -0.4 is 4.74 Å². The molecule has 0 aromatic heterocycles. The lowest BCUT2D eigenvalue weighted by atomic mass is 10.1. The number of ether oxygens (including phenoxy) is 2. The summed E-state index contributed by atoms with van der Waals surface area (Å²) in [6.45, 7) is 7.54. The van der Waals surface area contributed by atoms with Crippen molar-refractivity contribution < 1.29 is 19.4 Å². The number of phenolic OH excluding ortho intramolecular Hbond substituents is 1. The van der Waals surface area contributed by atoms with Gasteiger partial charge >= 0.3 is 0 Å². The topological polar surface area (TPSA) is 59.0 Å². The maximum atomic E-state index is 12.1. The zero-order chi connectivity index (χ0) is 18.3. The highest BCUT2D eigenvalue weighted by atomic mass is 35.5. The first-order chi connectivity index (χ1) is 11.1. The molecule has 134 valence electrons. The lowest BCUT2D eigenvalue weighted by Crippen LogP contribution is -2.22. The molecule has 0 unspecified atom stereocenters. The number of carbonyl (C=O) groups excluding carboxylic acids is 1. The van der Waals surface area contributed by atoms with Gasteiger partial charge in [0.1, 0.15) is 11.5 Å². The van der Waals surface area contributed by atoms with E-state index in [9.17, 15) is 9.90 Å².